The molecule has 0 heterocycles. The van der Waals surface area contributed by atoms with Crippen LogP contribution in [-0.4, -0.2) is 24.6 Å². The highest BCUT2D eigenvalue weighted by atomic mass is 35.5. The molecule has 6 heteroatoms. The molecule has 0 fully saturated rings. The maximum Gasteiger partial charge on any atom is 0.264 e. The van der Waals surface area contributed by atoms with Gasteiger partial charge in [0, 0.05) is 5.88 Å². The number of halogens is 2. The van der Waals surface area contributed by atoms with Crippen LogP contribution in [0.2, 0.25) is 0 Å². The Morgan fingerprint density at radius 1 is 1.44 bits per heavy atom. The molecule has 0 aliphatic carbocycles. The fourth-order valence-electron chi connectivity index (χ4n) is 0.237. The van der Waals surface area contributed by atoms with Crippen LogP contribution in [-0.2, 0) is 10.1 Å². The van der Waals surface area contributed by atoms with E-state index in [4.69, 9.17) is 16.2 Å². The largest absolute Gasteiger partial charge is 0.286 e. The van der Waals surface area contributed by atoms with Crippen molar-refractivity contribution in [2.24, 2.45) is 0 Å². The molecule has 0 aromatic heterocycles. The minimum Gasteiger partial charge on any atom is -0.286 e. The monoisotopic (exact) mass is 194 g/mol. The van der Waals surface area contributed by atoms with E-state index in [1.165, 1.54) is 0 Å². The molecule has 0 radical (unpaired) electrons. The predicted octanol–water partition coefficient (Wildman–Crippen LogP) is 0.925. The maximum absolute atomic E-state index is 9.89. The molecule has 3 nitrogen and oxygen atoms in total. The van der Waals surface area contributed by atoms with Crippen LogP contribution in [0.4, 0.5) is 0 Å². The van der Waals surface area contributed by atoms with Gasteiger partial charge in [0.25, 0.3) is 10.1 Å². The highest BCUT2D eigenvalue weighted by molar-refractivity contribution is 7.85. The molecule has 0 aromatic rings. The second-order valence-corrected chi connectivity index (χ2v) is 3.28. The van der Waals surface area contributed by atoms with Crippen LogP contribution in [0.1, 0.15) is 6.42 Å². The van der Waals surface area contributed by atoms with Crippen LogP contribution in [0.3, 0.4) is 0 Å². The number of alkyl halides is 1. The summed E-state index contributed by atoms with van der Waals surface area (Å²) in [6.45, 7) is 0. The van der Waals surface area contributed by atoms with Crippen LogP contribution in [0.15, 0.2) is 0 Å². The lowest BCUT2D eigenvalue weighted by atomic mass is 10.6. The van der Waals surface area contributed by atoms with Crippen molar-refractivity contribution in [1.29, 1.82) is 0 Å². The van der Waals surface area contributed by atoms with Crippen molar-refractivity contribution < 1.29 is 13.0 Å². The molecule has 0 aromatic carbocycles. The van der Waals surface area contributed by atoms with E-state index in [1.807, 2.05) is 0 Å². The molecule has 0 saturated carbocycles. The Balaban J connectivity index is 0. The van der Waals surface area contributed by atoms with Crippen molar-refractivity contribution in [1.82, 2.24) is 0 Å². The lowest BCUT2D eigenvalue weighted by molar-refractivity contribution is 0.482. The fourth-order valence-corrected chi connectivity index (χ4v) is 1.04. The Morgan fingerprint density at radius 2 is 1.89 bits per heavy atom. The summed E-state index contributed by atoms with van der Waals surface area (Å²) in [7, 11) is -3.77. The minimum atomic E-state index is -3.77. The average Bonchev–Trinajstić information content (AvgIpc) is 1.59. The minimum absolute atomic E-state index is 0. The van der Waals surface area contributed by atoms with Gasteiger partial charge in [0.15, 0.2) is 0 Å². The van der Waals surface area contributed by atoms with E-state index >= 15 is 0 Å². The normalized spacial score (nSPS) is 10.4. The maximum atomic E-state index is 9.89. The zero-order valence-corrected chi connectivity index (χ0v) is 6.97. The molecule has 9 heavy (non-hydrogen) atoms. The van der Waals surface area contributed by atoms with Crippen LogP contribution >= 0.6 is 24.0 Å². The van der Waals surface area contributed by atoms with E-state index < -0.39 is 10.1 Å². The Morgan fingerprint density at radius 3 is 2.00 bits per heavy atom. The van der Waals surface area contributed by atoms with Gasteiger partial charge in [0.05, 0.1) is 5.75 Å². The highest BCUT2D eigenvalue weighted by Crippen LogP contribution is 1.89. The van der Waals surface area contributed by atoms with Crippen LogP contribution in [0, 0.1) is 0 Å². The third kappa shape index (κ3) is 11.9. The molecule has 0 saturated heterocycles. The predicted molar refractivity (Wildman–Crippen MR) is 39.0 cm³/mol. The van der Waals surface area contributed by atoms with Crippen molar-refractivity contribution in [3.63, 3.8) is 0 Å². The number of hydrogen-bond donors (Lipinski definition) is 1. The summed E-state index contributed by atoms with van der Waals surface area (Å²) in [5, 5.41) is 0. The summed E-state index contributed by atoms with van der Waals surface area (Å²) in [5.41, 5.74) is 0. The zero-order valence-electron chi connectivity index (χ0n) is 4.58. The lowest BCUT2D eigenvalue weighted by Crippen LogP contribution is -2.03. The molecule has 1 N–H and O–H groups in total. The second-order valence-electron chi connectivity index (χ2n) is 1.33. The first-order chi connectivity index (χ1) is 3.56. The van der Waals surface area contributed by atoms with Crippen LogP contribution < -0.4 is 0 Å². The summed E-state index contributed by atoms with van der Waals surface area (Å²) in [5.74, 6) is 0.0241. The molecular formula is C3H8Cl2O3S. The van der Waals surface area contributed by atoms with Crippen molar-refractivity contribution in [2.45, 2.75) is 6.42 Å². The van der Waals surface area contributed by atoms with E-state index in [9.17, 15) is 8.42 Å². The molecule has 0 bridgehead atoms. The topological polar surface area (TPSA) is 54.4 Å². The smallest absolute Gasteiger partial charge is 0.264 e. The molecule has 0 atom stereocenters. The van der Waals surface area contributed by atoms with E-state index in [-0.39, 0.29) is 24.0 Å². The average molecular weight is 195 g/mol. The van der Waals surface area contributed by atoms with Gasteiger partial charge in [-0.3, -0.25) is 4.55 Å². The quantitative estimate of drug-likeness (QED) is 0.538. The van der Waals surface area contributed by atoms with Crippen LogP contribution in [0.25, 0.3) is 0 Å². The lowest BCUT2D eigenvalue weighted by Gasteiger charge is -1.89. The van der Waals surface area contributed by atoms with Crippen LogP contribution in [0.5, 0.6) is 0 Å². The van der Waals surface area contributed by atoms with E-state index in [2.05, 4.69) is 0 Å². The van der Waals surface area contributed by atoms with Crippen molar-refractivity contribution in [3.05, 3.63) is 0 Å². The highest BCUT2D eigenvalue weighted by Gasteiger charge is 2.00. The molecule has 0 aliphatic rings. The number of hydrogen-bond acceptors (Lipinski definition) is 2. The van der Waals surface area contributed by atoms with Crippen molar-refractivity contribution >= 4 is 34.1 Å². The molecule has 0 unspecified atom stereocenters. The first-order valence-corrected chi connectivity index (χ1v) is 4.22. The zero-order chi connectivity index (χ0) is 6.62. The third-order valence-electron chi connectivity index (χ3n) is 0.536. The molecule has 0 amide bonds. The molecule has 0 rings (SSSR count). The van der Waals surface area contributed by atoms with Gasteiger partial charge in [0.1, 0.15) is 0 Å². The Labute approximate surface area is 65.6 Å². The standard InChI is InChI=1S/C3H7ClO3S.ClH/c4-2-1-3-8(5,6)7;/h1-3H2,(H,5,6,7);1H. The van der Waals surface area contributed by atoms with Gasteiger partial charge in [-0.15, -0.1) is 24.0 Å². The summed E-state index contributed by atoms with van der Waals surface area (Å²) in [6.07, 6.45) is 0.306. The van der Waals surface area contributed by atoms with Gasteiger partial charge in [-0.2, -0.15) is 8.42 Å². The van der Waals surface area contributed by atoms with Crippen molar-refractivity contribution in [3.8, 4) is 0 Å². The van der Waals surface area contributed by atoms with Gasteiger partial charge in [-0.1, -0.05) is 0 Å². The number of rotatable bonds is 3. The van der Waals surface area contributed by atoms with Gasteiger partial charge < -0.3 is 0 Å². The third-order valence-corrected chi connectivity index (χ3v) is 1.61. The molecule has 58 valence electrons. The van der Waals surface area contributed by atoms with Gasteiger partial charge in [-0.25, -0.2) is 0 Å². The Kier molecular flexibility index (Phi) is 7.16. The van der Waals surface area contributed by atoms with Gasteiger partial charge in [0.2, 0.25) is 0 Å². The summed E-state index contributed by atoms with van der Waals surface area (Å²) in [6, 6.07) is 0. The fraction of sp³-hybridized carbons (Fsp3) is 1.00. The van der Waals surface area contributed by atoms with E-state index in [0.29, 0.717) is 6.42 Å². The second kappa shape index (κ2) is 5.29. The van der Waals surface area contributed by atoms with E-state index in [1.54, 1.807) is 0 Å². The Bertz CT molecular complexity index is 141. The van der Waals surface area contributed by atoms with Crippen molar-refractivity contribution in [2.75, 3.05) is 11.6 Å². The summed E-state index contributed by atoms with van der Waals surface area (Å²) < 4.78 is 27.8. The molecular weight excluding hydrogens is 187 g/mol. The molecule has 0 spiro atoms. The SMILES string of the molecule is Cl.O=S(=O)(O)CCCCl. The van der Waals surface area contributed by atoms with Gasteiger partial charge in [-0.05, 0) is 6.42 Å². The first-order valence-electron chi connectivity index (χ1n) is 2.07. The molecule has 0 aliphatic heterocycles. The summed E-state index contributed by atoms with van der Waals surface area (Å²) in [4.78, 5) is 0. The van der Waals surface area contributed by atoms with Gasteiger partial charge >= 0.3 is 0 Å². The van der Waals surface area contributed by atoms with E-state index in [0.717, 1.165) is 0 Å². The Hall–Kier alpha value is 0.490. The first kappa shape index (κ1) is 12.2. The summed E-state index contributed by atoms with van der Waals surface area (Å²) >= 11 is 5.13.